The number of methoxy groups -OCH3 is 1. The van der Waals surface area contributed by atoms with Gasteiger partial charge in [-0.3, -0.25) is 9.80 Å². The molecule has 1 saturated heterocycles. The van der Waals surface area contributed by atoms with Crippen LogP contribution < -0.4 is 0 Å². The summed E-state index contributed by atoms with van der Waals surface area (Å²) in [7, 11) is 1.79. The van der Waals surface area contributed by atoms with E-state index < -0.39 is 0 Å². The van der Waals surface area contributed by atoms with Gasteiger partial charge in [-0.15, -0.1) is 0 Å². The zero-order valence-corrected chi connectivity index (χ0v) is 16.0. The molecule has 1 aliphatic heterocycles. The van der Waals surface area contributed by atoms with Crippen LogP contribution in [0.25, 0.3) is 0 Å². The SMILES string of the molecule is COC(CN1CCN(Cc2ccc(Cl)c(Cl)c2)CC1)c1ccccc1. The molecule has 0 N–H and O–H groups in total. The first-order chi connectivity index (χ1) is 12.2. The molecular weight excluding hydrogens is 355 g/mol. The third-order valence-corrected chi connectivity index (χ3v) is 5.47. The van der Waals surface area contributed by atoms with E-state index in [1.807, 2.05) is 18.2 Å². The van der Waals surface area contributed by atoms with E-state index in [0.29, 0.717) is 10.0 Å². The minimum absolute atomic E-state index is 0.128. The van der Waals surface area contributed by atoms with Crippen molar-refractivity contribution in [1.29, 1.82) is 0 Å². The molecule has 0 saturated carbocycles. The molecular formula is C20H24Cl2N2O. The lowest BCUT2D eigenvalue weighted by molar-refractivity contribution is 0.0406. The van der Waals surface area contributed by atoms with E-state index in [9.17, 15) is 0 Å². The van der Waals surface area contributed by atoms with Crippen molar-refractivity contribution in [3.63, 3.8) is 0 Å². The Morgan fingerprint density at radius 2 is 1.60 bits per heavy atom. The van der Waals surface area contributed by atoms with Gasteiger partial charge in [-0.25, -0.2) is 0 Å². The lowest BCUT2D eigenvalue weighted by Crippen LogP contribution is -2.47. The maximum atomic E-state index is 6.11. The molecule has 134 valence electrons. The Hall–Kier alpha value is -1.10. The predicted octanol–water partition coefficient (Wildman–Crippen LogP) is 4.50. The molecule has 0 aromatic heterocycles. The predicted molar refractivity (Wildman–Crippen MR) is 104 cm³/mol. The summed E-state index contributed by atoms with van der Waals surface area (Å²) in [5.74, 6) is 0. The van der Waals surface area contributed by atoms with Crippen LogP contribution in [0.15, 0.2) is 48.5 Å². The fourth-order valence-corrected chi connectivity index (χ4v) is 3.57. The van der Waals surface area contributed by atoms with E-state index in [0.717, 1.165) is 39.3 Å². The first kappa shape index (κ1) is 18.7. The van der Waals surface area contributed by atoms with E-state index in [1.165, 1.54) is 11.1 Å². The van der Waals surface area contributed by atoms with E-state index in [-0.39, 0.29) is 6.10 Å². The van der Waals surface area contributed by atoms with Crippen LogP contribution in [0.1, 0.15) is 17.2 Å². The molecule has 2 aromatic carbocycles. The van der Waals surface area contributed by atoms with Gasteiger partial charge < -0.3 is 4.74 Å². The largest absolute Gasteiger partial charge is 0.375 e. The van der Waals surface area contributed by atoms with Crippen LogP contribution in [0, 0.1) is 0 Å². The average molecular weight is 379 g/mol. The van der Waals surface area contributed by atoms with E-state index in [1.54, 1.807) is 7.11 Å². The molecule has 3 nitrogen and oxygen atoms in total. The first-order valence-electron chi connectivity index (χ1n) is 8.62. The fourth-order valence-electron chi connectivity index (χ4n) is 3.24. The van der Waals surface area contributed by atoms with Crippen molar-refractivity contribution in [1.82, 2.24) is 9.80 Å². The summed E-state index contributed by atoms with van der Waals surface area (Å²) >= 11 is 12.1. The van der Waals surface area contributed by atoms with Gasteiger partial charge in [-0.2, -0.15) is 0 Å². The van der Waals surface area contributed by atoms with Crippen molar-refractivity contribution in [2.75, 3.05) is 39.8 Å². The van der Waals surface area contributed by atoms with Crippen molar-refractivity contribution in [3.8, 4) is 0 Å². The molecule has 5 heteroatoms. The second-order valence-corrected chi connectivity index (χ2v) is 7.27. The van der Waals surface area contributed by atoms with Gasteiger partial charge in [-0.05, 0) is 23.3 Å². The average Bonchev–Trinajstić information content (AvgIpc) is 2.65. The summed E-state index contributed by atoms with van der Waals surface area (Å²) in [6.45, 7) is 6.04. The Balaban J connectivity index is 1.50. The molecule has 1 fully saturated rings. The topological polar surface area (TPSA) is 15.7 Å². The quantitative estimate of drug-likeness (QED) is 0.735. The van der Waals surface area contributed by atoms with Gasteiger partial charge in [-0.1, -0.05) is 59.6 Å². The van der Waals surface area contributed by atoms with Crippen molar-refractivity contribution >= 4 is 23.2 Å². The standard InChI is InChI=1S/C20H24Cl2N2O/c1-25-20(17-5-3-2-4-6-17)15-24-11-9-23(10-12-24)14-16-7-8-18(21)19(22)13-16/h2-8,13,20H,9-12,14-15H2,1H3. The number of halogens is 2. The highest BCUT2D eigenvalue weighted by Gasteiger charge is 2.21. The summed E-state index contributed by atoms with van der Waals surface area (Å²) in [6, 6.07) is 16.3. The van der Waals surface area contributed by atoms with Crippen molar-refractivity contribution in [3.05, 3.63) is 69.7 Å². The van der Waals surface area contributed by atoms with Gasteiger partial charge >= 0.3 is 0 Å². The van der Waals surface area contributed by atoms with Gasteiger partial charge in [0.2, 0.25) is 0 Å². The molecule has 25 heavy (non-hydrogen) atoms. The Kier molecular flexibility index (Phi) is 6.74. The number of piperazine rings is 1. The number of rotatable bonds is 6. The Labute approximate surface area is 160 Å². The van der Waals surface area contributed by atoms with Crippen LogP contribution in [0.5, 0.6) is 0 Å². The monoisotopic (exact) mass is 378 g/mol. The fraction of sp³-hybridized carbons (Fsp3) is 0.400. The van der Waals surface area contributed by atoms with Crippen LogP contribution in [0.2, 0.25) is 10.0 Å². The highest BCUT2D eigenvalue weighted by molar-refractivity contribution is 6.42. The number of nitrogens with zero attached hydrogens (tertiary/aromatic N) is 2. The second-order valence-electron chi connectivity index (χ2n) is 6.46. The van der Waals surface area contributed by atoms with Gasteiger partial charge in [0.1, 0.15) is 0 Å². The highest BCUT2D eigenvalue weighted by atomic mass is 35.5. The van der Waals surface area contributed by atoms with Crippen LogP contribution in [-0.4, -0.2) is 49.6 Å². The zero-order chi connectivity index (χ0) is 17.6. The molecule has 1 heterocycles. The van der Waals surface area contributed by atoms with Gasteiger partial charge in [0.05, 0.1) is 16.1 Å². The summed E-state index contributed by atoms with van der Waals surface area (Å²) in [4.78, 5) is 4.94. The summed E-state index contributed by atoms with van der Waals surface area (Å²) in [5, 5.41) is 1.24. The highest BCUT2D eigenvalue weighted by Crippen LogP contribution is 2.24. The molecule has 0 bridgehead atoms. The molecule has 1 aliphatic rings. The molecule has 3 rings (SSSR count). The Morgan fingerprint density at radius 3 is 2.24 bits per heavy atom. The van der Waals surface area contributed by atoms with E-state index in [2.05, 4.69) is 40.1 Å². The van der Waals surface area contributed by atoms with Crippen LogP contribution in [0.4, 0.5) is 0 Å². The lowest BCUT2D eigenvalue weighted by atomic mass is 10.1. The number of hydrogen-bond acceptors (Lipinski definition) is 3. The maximum Gasteiger partial charge on any atom is 0.0947 e. The third kappa shape index (κ3) is 5.19. The molecule has 0 amide bonds. The maximum absolute atomic E-state index is 6.11. The first-order valence-corrected chi connectivity index (χ1v) is 9.37. The summed E-state index contributed by atoms with van der Waals surface area (Å²) in [6.07, 6.45) is 0.128. The van der Waals surface area contributed by atoms with Crippen molar-refractivity contribution in [2.24, 2.45) is 0 Å². The van der Waals surface area contributed by atoms with Crippen molar-refractivity contribution in [2.45, 2.75) is 12.6 Å². The minimum atomic E-state index is 0.128. The zero-order valence-electron chi connectivity index (χ0n) is 14.5. The minimum Gasteiger partial charge on any atom is -0.375 e. The second kappa shape index (κ2) is 9.02. The van der Waals surface area contributed by atoms with Crippen LogP contribution >= 0.6 is 23.2 Å². The van der Waals surface area contributed by atoms with E-state index >= 15 is 0 Å². The molecule has 0 radical (unpaired) electrons. The van der Waals surface area contributed by atoms with Gasteiger partial charge in [0, 0.05) is 46.4 Å². The number of hydrogen-bond donors (Lipinski definition) is 0. The molecule has 1 unspecified atom stereocenters. The Bertz CT molecular complexity index is 673. The smallest absolute Gasteiger partial charge is 0.0947 e. The van der Waals surface area contributed by atoms with E-state index in [4.69, 9.17) is 27.9 Å². The molecule has 0 spiro atoms. The summed E-state index contributed by atoms with van der Waals surface area (Å²) < 4.78 is 5.70. The summed E-state index contributed by atoms with van der Waals surface area (Å²) in [5.41, 5.74) is 2.45. The third-order valence-electron chi connectivity index (χ3n) is 4.74. The lowest BCUT2D eigenvalue weighted by Gasteiger charge is -2.36. The van der Waals surface area contributed by atoms with Crippen LogP contribution in [-0.2, 0) is 11.3 Å². The number of benzene rings is 2. The van der Waals surface area contributed by atoms with Gasteiger partial charge in [0.15, 0.2) is 0 Å². The molecule has 0 aliphatic carbocycles. The molecule has 2 aromatic rings. The molecule has 1 atom stereocenters. The number of ether oxygens (including phenoxy) is 1. The van der Waals surface area contributed by atoms with Gasteiger partial charge in [0.25, 0.3) is 0 Å². The Morgan fingerprint density at radius 1 is 0.920 bits per heavy atom. The van der Waals surface area contributed by atoms with Crippen LogP contribution in [0.3, 0.4) is 0 Å². The van der Waals surface area contributed by atoms with Crippen molar-refractivity contribution < 1.29 is 4.74 Å². The normalized spacial score (nSPS) is 17.6.